The van der Waals surface area contributed by atoms with Gasteiger partial charge in [0.05, 0.1) is 13.1 Å². The van der Waals surface area contributed by atoms with E-state index in [-0.39, 0.29) is 11.5 Å². The molecule has 4 heteroatoms. The van der Waals surface area contributed by atoms with Crippen molar-refractivity contribution < 1.29 is 10.2 Å². The van der Waals surface area contributed by atoms with Crippen LogP contribution in [0.3, 0.4) is 0 Å². The highest BCUT2D eigenvalue weighted by atomic mass is 16.3. The molecule has 0 N–H and O–H groups in total. The van der Waals surface area contributed by atoms with Crippen LogP contribution in [-0.4, -0.2) is 25.5 Å². The van der Waals surface area contributed by atoms with E-state index in [1.165, 1.54) is 0 Å². The molecule has 0 aromatic heterocycles. The summed E-state index contributed by atoms with van der Waals surface area (Å²) < 4.78 is 0. The van der Waals surface area contributed by atoms with Crippen molar-refractivity contribution in [2.45, 2.75) is 0 Å². The average Bonchev–Trinajstić information content (AvgIpc) is 2.73. The van der Waals surface area contributed by atoms with E-state index in [1.54, 1.807) is 24.6 Å². The third-order valence-electron chi connectivity index (χ3n) is 4.66. The van der Waals surface area contributed by atoms with Crippen molar-refractivity contribution in [2.75, 3.05) is 13.1 Å². The number of hydrogen-bond acceptors (Lipinski definition) is 4. The lowest BCUT2D eigenvalue weighted by Crippen LogP contribution is -1.99. The maximum Gasteiger partial charge on any atom is 0.0585 e. The van der Waals surface area contributed by atoms with E-state index in [1.807, 2.05) is 60.7 Å². The predicted molar refractivity (Wildman–Crippen MR) is 112 cm³/mol. The highest BCUT2D eigenvalue weighted by Crippen LogP contribution is 2.24. The van der Waals surface area contributed by atoms with E-state index in [0.29, 0.717) is 24.2 Å². The lowest BCUT2D eigenvalue weighted by atomic mass is 10.0. The second-order valence-corrected chi connectivity index (χ2v) is 6.47. The minimum absolute atomic E-state index is 0.0438. The van der Waals surface area contributed by atoms with E-state index in [4.69, 9.17) is 0 Å². The molecule has 0 aliphatic rings. The number of rotatable bonds is 5. The SMILES string of the molecule is [O-]c1ccc2ccccc2c1C=NCCN=Cc1c([O-])ccc2ccccc12. The number of nitrogens with zero attached hydrogens (tertiary/aromatic N) is 2. The topological polar surface area (TPSA) is 70.8 Å². The first kappa shape index (κ1) is 17.7. The monoisotopic (exact) mass is 366 g/mol. The van der Waals surface area contributed by atoms with E-state index < -0.39 is 0 Å². The van der Waals surface area contributed by atoms with Crippen molar-refractivity contribution in [3.05, 3.63) is 83.9 Å². The quantitative estimate of drug-likeness (QED) is 0.399. The summed E-state index contributed by atoms with van der Waals surface area (Å²) in [6.07, 6.45) is 3.24. The van der Waals surface area contributed by atoms with Crippen LogP contribution < -0.4 is 10.2 Å². The number of fused-ring (bicyclic) bond motifs is 2. The van der Waals surface area contributed by atoms with Gasteiger partial charge in [0.2, 0.25) is 0 Å². The Morgan fingerprint density at radius 1 is 0.571 bits per heavy atom. The second kappa shape index (κ2) is 7.92. The summed E-state index contributed by atoms with van der Waals surface area (Å²) in [6.45, 7) is 0.885. The van der Waals surface area contributed by atoms with Crippen LogP contribution in [-0.2, 0) is 0 Å². The number of benzene rings is 4. The van der Waals surface area contributed by atoms with Gasteiger partial charge in [-0.25, -0.2) is 0 Å². The molecule has 0 saturated carbocycles. The van der Waals surface area contributed by atoms with E-state index >= 15 is 0 Å². The van der Waals surface area contributed by atoms with E-state index in [0.717, 1.165) is 21.5 Å². The summed E-state index contributed by atoms with van der Waals surface area (Å²) in [7, 11) is 0. The van der Waals surface area contributed by atoms with Crippen LogP contribution in [0, 0.1) is 0 Å². The molecule has 0 radical (unpaired) electrons. The Morgan fingerprint density at radius 2 is 1.00 bits per heavy atom. The Bertz CT molecular complexity index is 1100. The first-order valence-electron chi connectivity index (χ1n) is 9.11. The molecule has 0 bridgehead atoms. The molecule has 0 spiro atoms. The Kier molecular flexibility index (Phi) is 5.02. The van der Waals surface area contributed by atoms with Crippen LogP contribution in [0.2, 0.25) is 0 Å². The van der Waals surface area contributed by atoms with Gasteiger partial charge in [0.15, 0.2) is 0 Å². The van der Waals surface area contributed by atoms with Crippen molar-refractivity contribution in [2.24, 2.45) is 9.98 Å². The molecule has 0 aliphatic heterocycles. The molecular formula is C24H18N2O2-2. The third kappa shape index (κ3) is 3.58. The van der Waals surface area contributed by atoms with Crippen LogP contribution >= 0.6 is 0 Å². The Morgan fingerprint density at radius 3 is 1.46 bits per heavy atom. The molecule has 4 nitrogen and oxygen atoms in total. The molecule has 28 heavy (non-hydrogen) atoms. The molecule has 0 saturated heterocycles. The number of aliphatic imine (C=N–C) groups is 2. The van der Waals surface area contributed by atoms with E-state index in [9.17, 15) is 10.2 Å². The average molecular weight is 366 g/mol. The summed E-state index contributed by atoms with van der Waals surface area (Å²) >= 11 is 0. The molecule has 4 rings (SSSR count). The Labute approximate surface area is 163 Å². The summed E-state index contributed by atoms with van der Waals surface area (Å²) in [4.78, 5) is 8.70. The van der Waals surface area contributed by atoms with Crippen LogP contribution in [0.4, 0.5) is 0 Å². The zero-order valence-electron chi connectivity index (χ0n) is 15.2. The lowest BCUT2D eigenvalue weighted by molar-refractivity contribution is -0.268. The van der Waals surface area contributed by atoms with Gasteiger partial charge >= 0.3 is 0 Å². The Balaban J connectivity index is 1.47. The summed E-state index contributed by atoms with van der Waals surface area (Å²) in [5.74, 6) is -0.0876. The minimum atomic E-state index is -0.0438. The second-order valence-electron chi connectivity index (χ2n) is 6.47. The molecule has 4 aromatic rings. The first-order valence-corrected chi connectivity index (χ1v) is 9.11. The smallest absolute Gasteiger partial charge is 0.0585 e. The van der Waals surface area contributed by atoms with Gasteiger partial charge < -0.3 is 10.2 Å². The van der Waals surface area contributed by atoms with Crippen LogP contribution in [0.15, 0.2) is 82.8 Å². The maximum atomic E-state index is 12.1. The highest BCUT2D eigenvalue weighted by molar-refractivity contribution is 6.03. The minimum Gasteiger partial charge on any atom is -0.872 e. The van der Waals surface area contributed by atoms with Gasteiger partial charge in [-0.2, -0.15) is 0 Å². The van der Waals surface area contributed by atoms with Gasteiger partial charge in [0, 0.05) is 12.4 Å². The van der Waals surface area contributed by atoms with Gasteiger partial charge in [0.25, 0.3) is 0 Å². The van der Waals surface area contributed by atoms with Crippen molar-refractivity contribution in [1.82, 2.24) is 0 Å². The summed E-state index contributed by atoms with van der Waals surface area (Å²) in [6, 6.07) is 22.3. The van der Waals surface area contributed by atoms with Crippen molar-refractivity contribution in [3.8, 4) is 11.5 Å². The van der Waals surface area contributed by atoms with Gasteiger partial charge in [-0.1, -0.05) is 84.3 Å². The van der Waals surface area contributed by atoms with Crippen LogP contribution in [0.5, 0.6) is 11.5 Å². The fourth-order valence-corrected chi connectivity index (χ4v) is 3.24. The summed E-state index contributed by atoms with van der Waals surface area (Å²) in [5, 5.41) is 28.1. The van der Waals surface area contributed by atoms with Crippen molar-refractivity contribution >= 4 is 34.0 Å². The van der Waals surface area contributed by atoms with Gasteiger partial charge in [-0.15, -0.1) is 0 Å². The van der Waals surface area contributed by atoms with Crippen molar-refractivity contribution in [1.29, 1.82) is 0 Å². The molecule has 138 valence electrons. The van der Waals surface area contributed by atoms with E-state index in [2.05, 4.69) is 9.98 Å². The highest BCUT2D eigenvalue weighted by Gasteiger charge is 2.00. The molecule has 0 unspecified atom stereocenters. The zero-order valence-corrected chi connectivity index (χ0v) is 15.2. The molecule has 0 fully saturated rings. The number of hydrogen-bond donors (Lipinski definition) is 0. The zero-order chi connectivity index (χ0) is 19.3. The fraction of sp³-hybridized carbons (Fsp3) is 0.0833. The summed E-state index contributed by atoms with van der Waals surface area (Å²) in [5.41, 5.74) is 1.19. The van der Waals surface area contributed by atoms with Gasteiger partial charge in [-0.3, -0.25) is 9.98 Å². The standard InChI is InChI=1S/C24H20N2O2/c27-23-11-9-17-5-1-3-7-19(17)21(23)15-25-13-14-26-16-22-20-8-4-2-6-18(20)10-12-24(22)28/h1-12,15-16,27-28H,13-14H2/p-2. The third-order valence-corrected chi connectivity index (χ3v) is 4.66. The lowest BCUT2D eigenvalue weighted by Gasteiger charge is -2.13. The van der Waals surface area contributed by atoms with Crippen LogP contribution in [0.25, 0.3) is 21.5 Å². The maximum absolute atomic E-state index is 12.1. The van der Waals surface area contributed by atoms with Crippen molar-refractivity contribution in [3.63, 3.8) is 0 Å². The molecule has 0 atom stereocenters. The molecule has 0 aliphatic carbocycles. The normalized spacial score (nSPS) is 11.9. The predicted octanol–water partition coefficient (Wildman–Crippen LogP) is 3.68. The Hall–Kier alpha value is -3.66. The molecule has 0 amide bonds. The molecular weight excluding hydrogens is 348 g/mol. The first-order chi connectivity index (χ1) is 13.7. The molecule has 4 aromatic carbocycles. The largest absolute Gasteiger partial charge is 0.872 e. The van der Waals surface area contributed by atoms with Gasteiger partial charge in [0.1, 0.15) is 0 Å². The molecule has 0 heterocycles. The fourth-order valence-electron chi connectivity index (χ4n) is 3.24. The van der Waals surface area contributed by atoms with Crippen LogP contribution in [0.1, 0.15) is 11.1 Å². The van der Waals surface area contributed by atoms with Gasteiger partial charge in [-0.05, 0) is 32.7 Å².